The zero-order valence-corrected chi connectivity index (χ0v) is 20.4. The molecule has 0 saturated carbocycles. The van der Waals surface area contributed by atoms with Crippen LogP contribution < -0.4 is 0 Å². The quantitative estimate of drug-likeness (QED) is 0.579. The average Bonchev–Trinajstić information content (AvgIpc) is 2.56. The highest BCUT2D eigenvalue weighted by Crippen LogP contribution is 2.39. The van der Waals surface area contributed by atoms with Crippen LogP contribution >= 0.6 is 0 Å². The topological polar surface area (TPSA) is 98.9 Å². The van der Waals surface area contributed by atoms with Gasteiger partial charge < -0.3 is 9.47 Å². The lowest BCUT2D eigenvalue weighted by atomic mass is 9.80. The molecule has 0 aromatic rings. The fraction of sp³-hybridized carbons (Fsp3) is 0.913. The largest absolute Gasteiger partial charge is 0.462 e. The van der Waals surface area contributed by atoms with E-state index in [1.54, 1.807) is 0 Å². The van der Waals surface area contributed by atoms with E-state index < -0.39 is 22.2 Å². The fourth-order valence-electron chi connectivity index (χ4n) is 5.38. The van der Waals surface area contributed by atoms with E-state index >= 15 is 0 Å². The number of nitrogens with zero attached hydrogens (tertiary/aromatic N) is 2. The number of carbonyl (C=O) groups is 2. The number of ether oxygens (including phenoxy) is 2. The van der Waals surface area contributed by atoms with Crippen LogP contribution in [0.25, 0.3) is 0 Å². The minimum absolute atomic E-state index is 0.129. The molecule has 178 valence electrons. The number of hydrogen-bond donors (Lipinski definition) is 0. The summed E-state index contributed by atoms with van der Waals surface area (Å²) in [7, 11) is 0. The van der Waals surface area contributed by atoms with Crippen LogP contribution in [-0.4, -0.2) is 56.4 Å². The Kier molecular flexibility index (Phi) is 7.53. The Morgan fingerprint density at radius 1 is 0.645 bits per heavy atom. The zero-order chi connectivity index (χ0) is 23.8. The van der Waals surface area contributed by atoms with Gasteiger partial charge in [-0.3, -0.25) is 9.59 Å². The Labute approximate surface area is 186 Å². The first-order valence-corrected chi connectivity index (χ1v) is 11.3. The summed E-state index contributed by atoms with van der Waals surface area (Å²) in [6.07, 6.45) is 1.92. The summed E-state index contributed by atoms with van der Waals surface area (Å²) in [5.41, 5.74) is -2.40. The Hall–Kier alpha value is -1.22. The molecule has 31 heavy (non-hydrogen) atoms. The highest BCUT2D eigenvalue weighted by molar-refractivity contribution is 5.72. The molecule has 0 bridgehead atoms. The van der Waals surface area contributed by atoms with Crippen LogP contribution in [-0.2, 0) is 29.5 Å². The molecule has 0 aromatic carbocycles. The van der Waals surface area contributed by atoms with E-state index in [1.165, 1.54) is 0 Å². The van der Waals surface area contributed by atoms with E-state index in [9.17, 15) is 20.0 Å². The van der Waals surface area contributed by atoms with Crippen LogP contribution in [0, 0.1) is 0 Å². The van der Waals surface area contributed by atoms with Crippen LogP contribution in [0.15, 0.2) is 0 Å². The second-order valence-electron chi connectivity index (χ2n) is 11.7. The van der Waals surface area contributed by atoms with Crippen LogP contribution in [0.1, 0.15) is 100 Å². The molecule has 8 nitrogen and oxygen atoms in total. The van der Waals surface area contributed by atoms with E-state index in [2.05, 4.69) is 0 Å². The van der Waals surface area contributed by atoms with Gasteiger partial charge in [0.1, 0.15) is 12.2 Å². The van der Waals surface area contributed by atoms with Crippen molar-refractivity contribution < 1.29 is 29.5 Å². The molecular formula is C23H40N2O6. The number of carbonyl (C=O) groups excluding carboxylic acids is 2. The maximum absolute atomic E-state index is 12.4. The molecule has 2 aliphatic rings. The molecule has 2 saturated heterocycles. The minimum atomic E-state index is -0.599. The van der Waals surface area contributed by atoms with Gasteiger partial charge in [0.2, 0.25) is 0 Å². The standard InChI is InChI=1S/C23H40N2O6/c1-20(2)12-16(13-21(3,4)24(20)28)30-18(26)10-9-11-19(27)31-17-14-22(5,6)25(29)23(7,8)15-17/h16-17H,9-15H2,1-8H3. The summed E-state index contributed by atoms with van der Waals surface area (Å²) in [4.78, 5) is 24.6. The molecule has 2 fully saturated rings. The molecule has 0 aliphatic carbocycles. The second kappa shape index (κ2) is 8.96. The van der Waals surface area contributed by atoms with Gasteiger partial charge in [-0.05, 0) is 61.8 Å². The van der Waals surface area contributed by atoms with E-state index in [0.29, 0.717) is 32.1 Å². The maximum Gasteiger partial charge on any atom is 0.306 e. The Morgan fingerprint density at radius 3 is 1.16 bits per heavy atom. The van der Waals surface area contributed by atoms with E-state index in [1.807, 2.05) is 55.4 Å². The van der Waals surface area contributed by atoms with Crippen molar-refractivity contribution in [3.63, 3.8) is 0 Å². The summed E-state index contributed by atoms with van der Waals surface area (Å²) in [5.74, 6) is -0.712. The van der Waals surface area contributed by atoms with Crippen LogP contribution in [0.5, 0.6) is 0 Å². The molecule has 8 heteroatoms. The smallest absolute Gasteiger partial charge is 0.306 e. The fourth-order valence-corrected chi connectivity index (χ4v) is 5.38. The summed E-state index contributed by atoms with van der Waals surface area (Å²) in [6, 6.07) is 0. The Balaban J connectivity index is 1.77. The van der Waals surface area contributed by atoms with Crippen molar-refractivity contribution in [1.29, 1.82) is 0 Å². The zero-order valence-electron chi connectivity index (χ0n) is 20.4. The van der Waals surface area contributed by atoms with Crippen molar-refractivity contribution in [2.24, 2.45) is 0 Å². The normalized spacial score (nSPS) is 26.4. The van der Waals surface area contributed by atoms with Crippen molar-refractivity contribution in [2.45, 2.75) is 135 Å². The lowest BCUT2D eigenvalue weighted by molar-refractivity contribution is -0.299. The molecule has 0 unspecified atom stereocenters. The van der Waals surface area contributed by atoms with Gasteiger partial charge in [-0.2, -0.15) is 0 Å². The lowest BCUT2D eigenvalue weighted by Gasteiger charge is -2.49. The van der Waals surface area contributed by atoms with Gasteiger partial charge in [0.15, 0.2) is 0 Å². The van der Waals surface area contributed by atoms with Crippen molar-refractivity contribution in [1.82, 2.24) is 10.1 Å². The molecule has 0 amide bonds. The monoisotopic (exact) mass is 440 g/mol. The predicted octanol–water partition coefficient (Wildman–Crippen LogP) is 3.98. The van der Waals surface area contributed by atoms with E-state index in [0.717, 1.165) is 10.1 Å². The molecular weight excluding hydrogens is 400 g/mol. The number of rotatable bonds is 6. The molecule has 2 rings (SSSR count). The Morgan fingerprint density at radius 2 is 0.903 bits per heavy atom. The van der Waals surface area contributed by atoms with Crippen molar-refractivity contribution in [3.05, 3.63) is 0 Å². The van der Waals surface area contributed by atoms with Crippen molar-refractivity contribution in [2.75, 3.05) is 0 Å². The maximum atomic E-state index is 12.4. The average molecular weight is 441 g/mol. The molecule has 0 atom stereocenters. The molecule has 2 heterocycles. The molecule has 0 N–H and O–H groups in total. The Bertz CT molecular complexity index is 581. The highest BCUT2D eigenvalue weighted by atomic mass is 16.6. The van der Waals surface area contributed by atoms with Crippen LogP contribution in [0.4, 0.5) is 0 Å². The highest BCUT2D eigenvalue weighted by Gasteiger charge is 2.48. The van der Waals surface area contributed by atoms with E-state index in [4.69, 9.17) is 9.47 Å². The van der Waals surface area contributed by atoms with E-state index in [-0.39, 0.29) is 37.0 Å². The van der Waals surface area contributed by atoms with Gasteiger partial charge >= 0.3 is 11.9 Å². The molecule has 2 aliphatic heterocycles. The van der Waals surface area contributed by atoms with Crippen LogP contribution in [0.2, 0.25) is 0 Å². The first-order chi connectivity index (χ1) is 14.0. The third-order valence-electron chi connectivity index (χ3n) is 6.47. The SMILES string of the molecule is CC1(C)CC(OC(=O)CCCC(=O)OC2CC(C)(C)N([O])C(C)(C)C2)CC(C)(C)N1[O]. The third-order valence-corrected chi connectivity index (χ3v) is 6.47. The third kappa shape index (κ3) is 6.40. The summed E-state index contributed by atoms with van der Waals surface area (Å²) in [6.45, 7) is 14.9. The van der Waals surface area contributed by atoms with Gasteiger partial charge in [0.05, 0.1) is 0 Å². The van der Waals surface area contributed by atoms with Gasteiger partial charge in [0.25, 0.3) is 0 Å². The van der Waals surface area contributed by atoms with Gasteiger partial charge in [-0.1, -0.05) is 0 Å². The summed E-state index contributed by atoms with van der Waals surface area (Å²) >= 11 is 0. The van der Waals surface area contributed by atoms with Gasteiger partial charge in [-0.25, -0.2) is 0 Å². The molecule has 0 aromatic heterocycles. The lowest BCUT2D eigenvalue weighted by Crippen LogP contribution is -2.60. The second-order valence-corrected chi connectivity index (χ2v) is 11.7. The van der Waals surface area contributed by atoms with Crippen LogP contribution in [0.3, 0.4) is 0 Å². The molecule has 0 spiro atoms. The number of hydroxylamine groups is 4. The van der Waals surface area contributed by atoms with Gasteiger partial charge in [-0.15, -0.1) is 20.5 Å². The van der Waals surface area contributed by atoms with Crippen molar-refractivity contribution in [3.8, 4) is 0 Å². The summed E-state index contributed by atoms with van der Waals surface area (Å²) < 4.78 is 11.2. The van der Waals surface area contributed by atoms with Crippen molar-refractivity contribution >= 4 is 11.9 Å². The number of esters is 2. The first-order valence-electron chi connectivity index (χ1n) is 11.3. The number of hydrogen-bond acceptors (Lipinski definition) is 6. The predicted molar refractivity (Wildman–Crippen MR) is 113 cm³/mol. The summed E-state index contributed by atoms with van der Waals surface area (Å²) in [5, 5.41) is 27.0. The molecule has 2 radical (unpaired) electrons. The van der Waals surface area contributed by atoms with Gasteiger partial charge in [0, 0.05) is 60.7 Å². The minimum Gasteiger partial charge on any atom is -0.462 e. The number of piperidine rings is 2. The first kappa shape index (κ1) is 26.0.